The van der Waals surface area contributed by atoms with E-state index in [2.05, 4.69) is 31.3 Å². The van der Waals surface area contributed by atoms with Crippen LogP contribution in [0.25, 0.3) is 0 Å². The van der Waals surface area contributed by atoms with Crippen molar-refractivity contribution in [3.8, 4) is 0 Å². The van der Waals surface area contributed by atoms with E-state index < -0.39 is 24.2 Å². The first kappa shape index (κ1) is 71.8. The largest absolute Gasteiger partial charge is 0.394 e. The summed E-state index contributed by atoms with van der Waals surface area (Å²) in [5.41, 5.74) is 0. The van der Waals surface area contributed by atoms with Gasteiger partial charge in [0.15, 0.2) is 0 Å². The third-order valence-corrected chi connectivity index (χ3v) is 16.0. The molecular formula is C68H133NO4. The van der Waals surface area contributed by atoms with E-state index >= 15 is 0 Å². The number of allylic oxidation sites excluding steroid dienone is 3. The average Bonchev–Trinajstić information content (AvgIpc) is 3.40. The van der Waals surface area contributed by atoms with Gasteiger partial charge < -0.3 is 20.6 Å². The standard InChI is InChI=1S/C68H133NO4/c1-3-5-7-9-11-13-15-17-19-21-23-25-27-28-29-30-31-32-33-34-35-36-37-38-39-41-43-45-47-49-51-53-55-57-59-61-63-67(72)68(73)69-65(64-70)66(71)62-60-58-56-54-52-50-48-46-44-42-40-26-24-22-20-18-16-14-12-10-8-6-4-2/h32-33,60,62,65-67,70-72H,3-31,34-59,61,63-64H2,1-2H3,(H,69,73)/b33-32-,62-60+. The van der Waals surface area contributed by atoms with Crippen LogP contribution in [0, 0.1) is 0 Å². The molecule has 1 amide bonds. The molecule has 0 rings (SSSR count). The molecule has 0 radical (unpaired) electrons. The number of nitrogens with one attached hydrogen (secondary N) is 1. The van der Waals surface area contributed by atoms with Crippen molar-refractivity contribution < 1.29 is 20.1 Å². The maximum absolute atomic E-state index is 12.6. The molecular weight excluding hydrogens is 895 g/mol. The Labute approximate surface area is 458 Å². The first-order valence-corrected chi connectivity index (χ1v) is 33.7. The second-order valence-electron chi connectivity index (χ2n) is 23.4. The highest BCUT2D eigenvalue weighted by Gasteiger charge is 2.22. The fourth-order valence-electron chi connectivity index (χ4n) is 10.8. The Morgan fingerprint density at radius 1 is 0.329 bits per heavy atom. The molecule has 3 unspecified atom stereocenters. The quantitative estimate of drug-likeness (QED) is 0.0361. The lowest BCUT2D eigenvalue weighted by Gasteiger charge is -2.21. The van der Waals surface area contributed by atoms with E-state index in [0.717, 1.165) is 32.1 Å². The highest BCUT2D eigenvalue weighted by Crippen LogP contribution is 2.19. The lowest BCUT2D eigenvalue weighted by molar-refractivity contribution is -0.131. The van der Waals surface area contributed by atoms with Gasteiger partial charge in [0.25, 0.3) is 0 Å². The molecule has 0 fully saturated rings. The minimum Gasteiger partial charge on any atom is -0.394 e. The van der Waals surface area contributed by atoms with Crippen LogP contribution in [0.3, 0.4) is 0 Å². The summed E-state index contributed by atoms with van der Waals surface area (Å²) < 4.78 is 0. The molecule has 0 saturated carbocycles. The van der Waals surface area contributed by atoms with Gasteiger partial charge in [0.2, 0.25) is 5.91 Å². The molecule has 434 valence electrons. The number of aliphatic hydroxyl groups excluding tert-OH is 3. The van der Waals surface area contributed by atoms with Gasteiger partial charge in [0.05, 0.1) is 18.8 Å². The number of unbranched alkanes of at least 4 members (excludes halogenated alkanes) is 53. The van der Waals surface area contributed by atoms with Crippen LogP contribution in [0.5, 0.6) is 0 Å². The van der Waals surface area contributed by atoms with Crippen molar-refractivity contribution in [3.05, 3.63) is 24.3 Å². The molecule has 0 heterocycles. The van der Waals surface area contributed by atoms with Gasteiger partial charge in [-0.2, -0.15) is 0 Å². The Bertz CT molecular complexity index is 1090. The molecule has 0 aliphatic rings. The molecule has 0 bridgehead atoms. The Balaban J connectivity index is 3.48. The lowest BCUT2D eigenvalue weighted by Crippen LogP contribution is -2.48. The van der Waals surface area contributed by atoms with Crippen LogP contribution in [-0.2, 0) is 4.79 Å². The summed E-state index contributed by atoms with van der Waals surface area (Å²) in [6.07, 6.45) is 83.1. The second-order valence-corrected chi connectivity index (χ2v) is 23.4. The minimum atomic E-state index is -1.10. The third-order valence-electron chi connectivity index (χ3n) is 16.0. The van der Waals surface area contributed by atoms with Crippen LogP contribution < -0.4 is 5.32 Å². The molecule has 0 aromatic carbocycles. The van der Waals surface area contributed by atoms with E-state index in [4.69, 9.17) is 0 Å². The van der Waals surface area contributed by atoms with Crippen LogP contribution in [0.1, 0.15) is 380 Å². The van der Waals surface area contributed by atoms with Crippen LogP contribution in [0.4, 0.5) is 0 Å². The molecule has 0 aliphatic carbocycles. The normalized spacial score (nSPS) is 13.2. The molecule has 3 atom stereocenters. The summed E-state index contributed by atoms with van der Waals surface area (Å²) in [6, 6.07) is -0.797. The zero-order valence-corrected chi connectivity index (χ0v) is 49.8. The Kier molecular flexibility index (Phi) is 62.3. The van der Waals surface area contributed by atoms with E-state index in [-0.39, 0.29) is 6.61 Å². The van der Waals surface area contributed by atoms with Crippen molar-refractivity contribution in [1.29, 1.82) is 0 Å². The Morgan fingerprint density at radius 3 is 0.795 bits per heavy atom. The average molecular weight is 1030 g/mol. The predicted octanol–water partition coefficient (Wildman–Crippen LogP) is 21.6. The first-order chi connectivity index (χ1) is 36.1. The topological polar surface area (TPSA) is 89.8 Å². The van der Waals surface area contributed by atoms with Gasteiger partial charge >= 0.3 is 0 Å². The van der Waals surface area contributed by atoms with Crippen molar-refractivity contribution in [3.63, 3.8) is 0 Å². The predicted molar refractivity (Wildman–Crippen MR) is 324 cm³/mol. The number of amides is 1. The van der Waals surface area contributed by atoms with Crippen molar-refractivity contribution in [1.82, 2.24) is 5.32 Å². The molecule has 5 heteroatoms. The van der Waals surface area contributed by atoms with E-state index in [1.807, 2.05) is 6.08 Å². The summed E-state index contributed by atoms with van der Waals surface area (Å²) in [5.74, 6) is -0.496. The summed E-state index contributed by atoms with van der Waals surface area (Å²) in [7, 11) is 0. The molecule has 0 aromatic rings. The lowest BCUT2D eigenvalue weighted by atomic mass is 10.0. The van der Waals surface area contributed by atoms with Gasteiger partial charge in [-0.25, -0.2) is 0 Å². The molecule has 0 saturated heterocycles. The third kappa shape index (κ3) is 58.4. The number of hydrogen-bond acceptors (Lipinski definition) is 4. The monoisotopic (exact) mass is 1030 g/mol. The zero-order chi connectivity index (χ0) is 52.9. The van der Waals surface area contributed by atoms with Crippen LogP contribution >= 0.6 is 0 Å². The van der Waals surface area contributed by atoms with Gasteiger partial charge in [-0.05, 0) is 44.9 Å². The summed E-state index contributed by atoms with van der Waals surface area (Å²) in [6.45, 7) is 4.24. The molecule has 0 aromatic heterocycles. The van der Waals surface area contributed by atoms with E-state index in [0.29, 0.717) is 6.42 Å². The van der Waals surface area contributed by atoms with Gasteiger partial charge in [-0.3, -0.25) is 4.79 Å². The summed E-state index contributed by atoms with van der Waals surface area (Å²) in [5, 5.41) is 33.5. The molecule has 4 N–H and O–H groups in total. The van der Waals surface area contributed by atoms with Crippen LogP contribution in [0.2, 0.25) is 0 Å². The highest BCUT2D eigenvalue weighted by atomic mass is 16.3. The SMILES string of the molecule is CCCCCCCCCCCCCCCCCC/C=C\CCCCCCCCCCCCCCCCCCC(O)C(=O)NC(CO)C(O)/C=C/CCCCCCCCCCCCCCCCCCCCCCC. The zero-order valence-electron chi connectivity index (χ0n) is 49.8. The molecule has 0 aliphatic heterocycles. The van der Waals surface area contributed by atoms with E-state index in [1.165, 1.54) is 327 Å². The maximum atomic E-state index is 12.6. The second kappa shape index (κ2) is 63.4. The number of rotatable bonds is 63. The van der Waals surface area contributed by atoms with E-state index in [9.17, 15) is 20.1 Å². The van der Waals surface area contributed by atoms with Crippen molar-refractivity contribution >= 4 is 5.91 Å². The maximum Gasteiger partial charge on any atom is 0.249 e. The van der Waals surface area contributed by atoms with E-state index in [1.54, 1.807) is 6.08 Å². The molecule has 5 nitrogen and oxygen atoms in total. The van der Waals surface area contributed by atoms with Crippen molar-refractivity contribution in [2.75, 3.05) is 6.61 Å². The number of hydrogen-bond donors (Lipinski definition) is 4. The van der Waals surface area contributed by atoms with Gasteiger partial charge in [0.1, 0.15) is 6.10 Å². The van der Waals surface area contributed by atoms with Crippen LogP contribution in [-0.4, -0.2) is 46.1 Å². The fraction of sp³-hybridized carbons (Fsp3) is 0.926. The molecule has 0 spiro atoms. The first-order valence-electron chi connectivity index (χ1n) is 33.7. The van der Waals surface area contributed by atoms with Gasteiger partial charge in [-0.1, -0.05) is 359 Å². The number of carbonyl (C=O) groups excluding carboxylic acids is 1. The van der Waals surface area contributed by atoms with Crippen molar-refractivity contribution in [2.45, 2.75) is 398 Å². The van der Waals surface area contributed by atoms with Crippen LogP contribution in [0.15, 0.2) is 24.3 Å². The number of carbonyl (C=O) groups is 1. The fourth-order valence-corrected chi connectivity index (χ4v) is 10.8. The Hall–Kier alpha value is -1.17. The van der Waals surface area contributed by atoms with Gasteiger partial charge in [-0.15, -0.1) is 0 Å². The highest BCUT2D eigenvalue weighted by molar-refractivity contribution is 5.80. The Morgan fingerprint density at radius 2 is 0.548 bits per heavy atom. The summed E-state index contributed by atoms with van der Waals surface area (Å²) in [4.78, 5) is 12.6. The summed E-state index contributed by atoms with van der Waals surface area (Å²) >= 11 is 0. The smallest absolute Gasteiger partial charge is 0.249 e. The molecule has 73 heavy (non-hydrogen) atoms. The van der Waals surface area contributed by atoms with Gasteiger partial charge in [0, 0.05) is 0 Å². The minimum absolute atomic E-state index is 0.360. The van der Waals surface area contributed by atoms with Crippen molar-refractivity contribution in [2.24, 2.45) is 0 Å². The number of aliphatic hydroxyl groups is 3.